The average molecular weight is 286 g/mol. The van der Waals surface area contributed by atoms with Crippen molar-refractivity contribution in [3.8, 4) is 0 Å². The second-order valence-corrected chi connectivity index (χ2v) is 4.17. The van der Waals surface area contributed by atoms with Crippen LogP contribution in [0.1, 0.15) is 30.1 Å². The van der Waals surface area contributed by atoms with Gasteiger partial charge in [0.05, 0.1) is 16.6 Å². The van der Waals surface area contributed by atoms with Gasteiger partial charge in [-0.1, -0.05) is 6.92 Å². The molecule has 1 rings (SSSR count). The van der Waals surface area contributed by atoms with Gasteiger partial charge in [0.25, 0.3) is 5.69 Å². The molecule has 0 heterocycles. The highest BCUT2D eigenvalue weighted by molar-refractivity contribution is 5.90. The maximum absolute atomic E-state index is 13.5. The molecule has 20 heavy (non-hydrogen) atoms. The highest BCUT2D eigenvalue weighted by Gasteiger charge is 2.22. The molecule has 3 N–H and O–H groups in total. The summed E-state index contributed by atoms with van der Waals surface area (Å²) in [4.78, 5) is 21.0. The van der Waals surface area contributed by atoms with Crippen LogP contribution in [0.5, 0.6) is 0 Å². The van der Waals surface area contributed by atoms with Crippen molar-refractivity contribution in [2.75, 3.05) is 11.9 Å². The maximum Gasteiger partial charge on any atom is 0.338 e. The van der Waals surface area contributed by atoms with Crippen molar-refractivity contribution in [2.45, 2.75) is 25.8 Å². The van der Waals surface area contributed by atoms with Crippen LogP contribution >= 0.6 is 0 Å². The molecule has 0 fully saturated rings. The number of hydrogen-bond donors (Lipinski definition) is 3. The second kappa shape index (κ2) is 6.80. The number of benzene rings is 1. The highest BCUT2D eigenvalue weighted by Crippen LogP contribution is 2.29. The van der Waals surface area contributed by atoms with E-state index < -0.39 is 28.0 Å². The molecule has 0 saturated heterocycles. The molecule has 0 radical (unpaired) electrons. The fourth-order valence-electron chi connectivity index (χ4n) is 1.75. The fourth-order valence-corrected chi connectivity index (χ4v) is 1.75. The Morgan fingerprint density at radius 2 is 2.20 bits per heavy atom. The number of nitro benzene ring substituents is 1. The van der Waals surface area contributed by atoms with Crippen LogP contribution < -0.4 is 5.32 Å². The van der Waals surface area contributed by atoms with Gasteiger partial charge in [0.2, 0.25) is 0 Å². The van der Waals surface area contributed by atoms with Crippen LogP contribution in [0, 0.1) is 15.9 Å². The van der Waals surface area contributed by atoms with Gasteiger partial charge in [0, 0.05) is 12.6 Å². The summed E-state index contributed by atoms with van der Waals surface area (Å²) < 4.78 is 13.5. The van der Waals surface area contributed by atoms with Gasteiger partial charge in [0.1, 0.15) is 11.5 Å². The molecule has 0 spiro atoms. The van der Waals surface area contributed by atoms with Crippen molar-refractivity contribution < 1.29 is 24.3 Å². The minimum absolute atomic E-state index is 0.0749. The number of nitro groups is 1. The molecule has 110 valence electrons. The molecule has 0 aliphatic carbocycles. The average Bonchev–Trinajstić information content (AvgIpc) is 2.38. The van der Waals surface area contributed by atoms with Crippen LogP contribution in [0.15, 0.2) is 12.1 Å². The highest BCUT2D eigenvalue weighted by atomic mass is 19.1. The number of carboxylic acid groups (broad SMARTS) is 1. The van der Waals surface area contributed by atoms with Crippen LogP contribution in [0.25, 0.3) is 0 Å². The molecule has 0 amide bonds. The first-order chi connectivity index (χ1) is 9.40. The number of aliphatic hydroxyl groups excluding tert-OH is 1. The summed E-state index contributed by atoms with van der Waals surface area (Å²) in [5.41, 5.74) is -1.25. The topological polar surface area (TPSA) is 113 Å². The molecule has 1 aromatic rings. The Hall–Kier alpha value is -2.22. The number of carboxylic acids is 1. The predicted octanol–water partition coefficient (Wildman–Crippen LogP) is 2.00. The number of nitrogens with zero attached hydrogens (tertiary/aromatic N) is 1. The van der Waals surface area contributed by atoms with Gasteiger partial charge in [-0.25, -0.2) is 9.18 Å². The standard InChI is InChI=1S/C12H15FN2O5/c1-2-7(3-4-16)14-10-5-8(12(17)18)9(13)6-11(10)15(19)20/h5-7,14,16H,2-4H2,1H3,(H,17,18). The van der Waals surface area contributed by atoms with Gasteiger partial charge in [-0.3, -0.25) is 10.1 Å². The zero-order chi connectivity index (χ0) is 15.3. The number of anilines is 1. The molecule has 0 aliphatic heterocycles. The molecule has 0 aromatic heterocycles. The van der Waals surface area contributed by atoms with Crippen LogP contribution in [0.4, 0.5) is 15.8 Å². The monoisotopic (exact) mass is 286 g/mol. The number of nitrogens with one attached hydrogen (secondary N) is 1. The van der Waals surface area contributed by atoms with E-state index in [9.17, 15) is 19.3 Å². The number of aromatic carboxylic acids is 1. The minimum atomic E-state index is -1.50. The van der Waals surface area contributed by atoms with E-state index in [1.807, 2.05) is 0 Å². The fraction of sp³-hybridized carbons (Fsp3) is 0.417. The van der Waals surface area contributed by atoms with Crippen molar-refractivity contribution in [3.63, 3.8) is 0 Å². The van der Waals surface area contributed by atoms with Crippen molar-refractivity contribution in [1.29, 1.82) is 0 Å². The van der Waals surface area contributed by atoms with Crippen LogP contribution in [-0.2, 0) is 0 Å². The molecule has 8 heteroatoms. The summed E-state index contributed by atoms with van der Waals surface area (Å²) in [6.07, 6.45) is 0.908. The Morgan fingerprint density at radius 1 is 1.55 bits per heavy atom. The normalized spacial score (nSPS) is 11.9. The lowest BCUT2D eigenvalue weighted by molar-refractivity contribution is -0.384. The zero-order valence-electron chi connectivity index (χ0n) is 10.8. The third-order valence-corrected chi connectivity index (χ3v) is 2.84. The van der Waals surface area contributed by atoms with E-state index in [0.29, 0.717) is 18.9 Å². The molecule has 1 unspecified atom stereocenters. The van der Waals surface area contributed by atoms with Gasteiger partial charge < -0.3 is 15.5 Å². The van der Waals surface area contributed by atoms with Gasteiger partial charge in [-0.2, -0.15) is 0 Å². The van der Waals surface area contributed by atoms with Crippen molar-refractivity contribution in [1.82, 2.24) is 0 Å². The molecule has 1 atom stereocenters. The van der Waals surface area contributed by atoms with Crippen LogP contribution in [0.3, 0.4) is 0 Å². The molecule has 0 bridgehead atoms. The first-order valence-corrected chi connectivity index (χ1v) is 5.99. The van der Waals surface area contributed by atoms with Gasteiger partial charge >= 0.3 is 5.97 Å². The van der Waals surface area contributed by atoms with E-state index in [4.69, 9.17) is 10.2 Å². The summed E-state index contributed by atoms with van der Waals surface area (Å²) in [6.45, 7) is 1.69. The molecule has 0 aliphatic rings. The summed E-state index contributed by atoms with van der Waals surface area (Å²) in [6, 6.07) is 1.21. The predicted molar refractivity (Wildman–Crippen MR) is 69.4 cm³/mol. The Labute approximate surface area is 114 Å². The molecular weight excluding hydrogens is 271 g/mol. The second-order valence-electron chi connectivity index (χ2n) is 4.17. The molecular formula is C12H15FN2O5. The van der Waals surface area contributed by atoms with Crippen molar-refractivity contribution in [3.05, 3.63) is 33.6 Å². The van der Waals surface area contributed by atoms with Gasteiger partial charge in [-0.15, -0.1) is 0 Å². The van der Waals surface area contributed by atoms with E-state index in [2.05, 4.69) is 5.32 Å². The lowest BCUT2D eigenvalue weighted by Crippen LogP contribution is -2.21. The lowest BCUT2D eigenvalue weighted by Gasteiger charge is -2.17. The quantitative estimate of drug-likeness (QED) is 0.522. The number of rotatable bonds is 7. The van der Waals surface area contributed by atoms with Gasteiger partial charge in [0.15, 0.2) is 0 Å². The molecule has 0 saturated carbocycles. The third-order valence-electron chi connectivity index (χ3n) is 2.84. The first-order valence-electron chi connectivity index (χ1n) is 5.99. The maximum atomic E-state index is 13.5. The van der Waals surface area contributed by atoms with Crippen molar-refractivity contribution >= 4 is 17.3 Å². The Kier molecular flexibility index (Phi) is 5.39. The van der Waals surface area contributed by atoms with Crippen LogP contribution in [-0.4, -0.2) is 33.8 Å². The SMILES string of the molecule is CCC(CCO)Nc1cc(C(=O)O)c(F)cc1[N+](=O)[O-]. The summed E-state index contributed by atoms with van der Waals surface area (Å²) in [7, 11) is 0. The molecule has 7 nitrogen and oxygen atoms in total. The van der Waals surface area contributed by atoms with E-state index in [0.717, 1.165) is 6.07 Å². The van der Waals surface area contributed by atoms with E-state index >= 15 is 0 Å². The summed E-state index contributed by atoms with van der Waals surface area (Å²) in [5.74, 6) is -2.67. The Bertz CT molecular complexity index is 521. The van der Waals surface area contributed by atoms with Gasteiger partial charge in [-0.05, 0) is 18.9 Å². The summed E-state index contributed by atoms with van der Waals surface area (Å²) >= 11 is 0. The smallest absolute Gasteiger partial charge is 0.338 e. The van der Waals surface area contributed by atoms with E-state index in [-0.39, 0.29) is 18.3 Å². The summed E-state index contributed by atoms with van der Waals surface area (Å²) in [5, 5.41) is 31.4. The van der Waals surface area contributed by atoms with Crippen molar-refractivity contribution in [2.24, 2.45) is 0 Å². The number of carbonyl (C=O) groups is 1. The Morgan fingerprint density at radius 3 is 2.65 bits per heavy atom. The Balaban J connectivity index is 3.23. The van der Waals surface area contributed by atoms with E-state index in [1.54, 1.807) is 6.92 Å². The largest absolute Gasteiger partial charge is 0.478 e. The molecule has 1 aromatic carbocycles. The van der Waals surface area contributed by atoms with E-state index in [1.165, 1.54) is 0 Å². The third kappa shape index (κ3) is 3.64. The first kappa shape index (κ1) is 15.8. The lowest BCUT2D eigenvalue weighted by atomic mass is 10.1. The minimum Gasteiger partial charge on any atom is -0.478 e. The van der Waals surface area contributed by atoms with Crippen LogP contribution in [0.2, 0.25) is 0 Å². The number of hydrogen-bond acceptors (Lipinski definition) is 5. The number of aliphatic hydroxyl groups is 1. The zero-order valence-corrected chi connectivity index (χ0v) is 10.8. The number of halogens is 1.